The third-order valence-corrected chi connectivity index (χ3v) is 3.86. The normalized spacial score (nSPS) is 10.4. The Balaban J connectivity index is 0.00000208. The van der Waals surface area contributed by atoms with Gasteiger partial charge in [-0.05, 0) is 41.1 Å². The van der Waals surface area contributed by atoms with Crippen molar-refractivity contribution in [3.63, 3.8) is 0 Å². The molecule has 0 aliphatic heterocycles. The van der Waals surface area contributed by atoms with Crippen molar-refractivity contribution < 1.29 is 9.13 Å². The second kappa shape index (κ2) is 8.67. The molecule has 0 atom stereocenters. The summed E-state index contributed by atoms with van der Waals surface area (Å²) in [6.45, 7) is 4.18. The predicted molar refractivity (Wildman–Crippen MR) is 99.3 cm³/mol. The first-order chi connectivity index (χ1) is 11.3. The predicted octanol–water partition coefficient (Wildman–Crippen LogP) is 5.09. The van der Waals surface area contributed by atoms with Crippen LogP contribution in [0.2, 0.25) is 0 Å². The van der Waals surface area contributed by atoms with Gasteiger partial charge in [0, 0.05) is 12.1 Å². The lowest BCUT2D eigenvalue weighted by atomic mass is 10.0. The van der Waals surface area contributed by atoms with Crippen molar-refractivity contribution >= 4 is 23.2 Å². The Bertz CT molecular complexity index is 789. The molecule has 0 saturated carbocycles. The summed E-state index contributed by atoms with van der Waals surface area (Å²) in [6, 6.07) is 18.8. The van der Waals surface area contributed by atoms with Crippen molar-refractivity contribution in [2.75, 3.05) is 6.54 Å². The van der Waals surface area contributed by atoms with Gasteiger partial charge in [0.25, 0.3) is 0 Å². The highest BCUT2D eigenvalue weighted by molar-refractivity contribution is 5.87. The van der Waals surface area contributed by atoms with Crippen LogP contribution in [0.25, 0.3) is 10.8 Å². The minimum absolute atomic E-state index is 0. The number of hydrogen-bond acceptors (Lipinski definition) is 2. The Labute approximate surface area is 148 Å². The average Bonchev–Trinajstić information content (AvgIpc) is 2.59. The van der Waals surface area contributed by atoms with E-state index in [1.807, 2.05) is 18.2 Å². The SMILES string of the molecule is CCNCc1c(OCc2ccc(F)cc2)ccc2ccccc12.Cl. The van der Waals surface area contributed by atoms with Gasteiger partial charge in [0.05, 0.1) is 0 Å². The molecule has 4 heteroatoms. The lowest BCUT2D eigenvalue weighted by Crippen LogP contribution is -2.13. The Kier molecular flexibility index (Phi) is 6.59. The number of ether oxygens (including phenoxy) is 1. The van der Waals surface area contributed by atoms with Crippen LogP contribution >= 0.6 is 12.4 Å². The van der Waals surface area contributed by atoms with E-state index in [0.29, 0.717) is 6.61 Å². The van der Waals surface area contributed by atoms with Crippen LogP contribution in [0.4, 0.5) is 4.39 Å². The van der Waals surface area contributed by atoms with Crippen LogP contribution < -0.4 is 10.1 Å². The largest absolute Gasteiger partial charge is 0.489 e. The fraction of sp³-hybridized carbons (Fsp3) is 0.200. The Morgan fingerprint density at radius 2 is 1.71 bits per heavy atom. The first kappa shape index (κ1) is 18.2. The zero-order chi connectivity index (χ0) is 16.1. The van der Waals surface area contributed by atoms with Crippen molar-refractivity contribution in [2.45, 2.75) is 20.1 Å². The smallest absolute Gasteiger partial charge is 0.124 e. The summed E-state index contributed by atoms with van der Waals surface area (Å²) < 4.78 is 19.0. The summed E-state index contributed by atoms with van der Waals surface area (Å²) in [4.78, 5) is 0. The molecule has 0 heterocycles. The summed E-state index contributed by atoms with van der Waals surface area (Å²) in [5, 5.41) is 5.78. The number of benzene rings is 3. The quantitative estimate of drug-likeness (QED) is 0.672. The van der Waals surface area contributed by atoms with Gasteiger partial charge in [-0.3, -0.25) is 0 Å². The van der Waals surface area contributed by atoms with Crippen molar-refractivity contribution in [1.82, 2.24) is 5.32 Å². The second-order valence-corrected chi connectivity index (χ2v) is 5.46. The molecule has 3 aromatic rings. The van der Waals surface area contributed by atoms with E-state index in [9.17, 15) is 4.39 Å². The van der Waals surface area contributed by atoms with Gasteiger partial charge >= 0.3 is 0 Å². The van der Waals surface area contributed by atoms with Gasteiger partial charge in [0.2, 0.25) is 0 Å². The summed E-state index contributed by atoms with van der Waals surface area (Å²) in [7, 11) is 0. The molecule has 0 aliphatic rings. The number of hydrogen-bond donors (Lipinski definition) is 1. The fourth-order valence-corrected chi connectivity index (χ4v) is 2.63. The number of fused-ring (bicyclic) bond motifs is 1. The van der Waals surface area contributed by atoms with E-state index < -0.39 is 0 Å². The summed E-state index contributed by atoms with van der Waals surface area (Å²) in [6.07, 6.45) is 0. The van der Waals surface area contributed by atoms with Crippen LogP contribution in [-0.4, -0.2) is 6.54 Å². The molecule has 0 bridgehead atoms. The van der Waals surface area contributed by atoms with Gasteiger partial charge in [-0.15, -0.1) is 12.4 Å². The highest BCUT2D eigenvalue weighted by Gasteiger charge is 2.09. The summed E-state index contributed by atoms with van der Waals surface area (Å²) >= 11 is 0. The summed E-state index contributed by atoms with van der Waals surface area (Å²) in [5.41, 5.74) is 2.11. The molecule has 0 aliphatic carbocycles. The Morgan fingerprint density at radius 1 is 0.958 bits per heavy atom. The van der Waals surface area contributed by atoms with Gasteiger partial charge in [-0.2, -0.15) is 0 Å². The van der Waals surface area contributed by atoms with Crippen molar-refractivity contribution in [3.05, 3.63) is 77.6 Å². The first-order valence-electron chi connectivity index (χ1n) is 7.86. The number of rotatable bonds is 6. The molecule has 2 nitrogen and oxygen atoms in total. The molecule has 0 aromatic heterocycles. The first-order valence-corrected chi connectivity index (χ1v) is 7.86. The third-order valence-electron chi connectivity index (χ3n) is 3.86. The molecule has 0 spiro atoms. The zero-order valence-corrected chi connectivity index (χ0v) is 14.4. The maximum atomic E-state index is 13.0. The Morgan fingerprint density at radius 3 is 2.46 bits per heavy atom. The van der Waals surface area contributed by atoms with E-state index in [0.717, 1.165) is 30.0 Å². The molecule has 0 amide bonds. The molecule has 24 heavy (non-hydrogen) atoms. The van der Waals surface area contributed by atoms with Crippen LogP contribution in [0, 0.1) is 5.82 Å². The van der Waals surface area contributed by atoms with E-state index in [4.69, 9.17) is 4.74 Å². The topological polar surface area (TPSA) is 21.3 Å². The summed E-state index contributed by atoms with van der Waals surface area (Å²) in [5.74, 6) is 0.640. The second-order valence-electron chi connectivity index (χ2n) is 5.46. The minimum atomic E-state index is -0.229. The van der Waals surface area contributed by atoms with Crippen molar-refractivity contribution in [2.24, 2.45) is 0 Å². The van der Waals surface area contributed by atoms with Gasteiger partial charge in [0.1, 0.15) is 18.2 Å². The van der Waals surface area contributed by atoms with Crippen molar-refractivity contribution in [1.29, 1.82) is 0 Å². The molecular weight excluding hydrogens is 325 g/mol. The minimum Gasteiger partial charge on any atom is -0.489 e. The third kappa shape index (κ3) is 4.25. The van der Waals surface area contributed by atoms with Gasteiger partial charge in [-0.1, -0.05) is 49.4 Å². The van der Waals surface area contributed by atoms with Crippen LogP contribution in [0.1, 0.15) is 18.1 Å². The highest BCUT2D eigenvalue weighted by atomic mass is 35.5. The molecule has 1 N–H and O–H groups in total. The van der Waals surface area contributed by atoms with E-state index in [1.54, 1.807) is 12.1 Å². The molecule has 3 rings (SSSR count). The molecule has 3 aromatic carbocycles. The molecule has 126 valence electrons. The van der Waals surface area contributed by atoms with Crippen LogP contribution in [0.3, 0.4) is 0 Å². The highest BCUT2D eigenvalue weighted by Crippen LogP contribution is 2.28. The monoisotopic (exact) mass is 345 g/mol. The van der Waals surface area contributed by atoms with Gasteiger partial charge in [0.15, 0.2) is 0 Å². The lowest BCUT2D eigenvalue weighted by Gasteiger charge is -2.15. The fourth-order valence-electron chi connectivity index (χ4n) is 2.63. The van der Waals surface area contributed by atoms with Gasteiger partial charge in [-0.25, -0.2) is 4.39 Å². The molecule has 0 saturated heterocycles. The zero-order valence-electron chi connectivity index (χ0n) is 13.6. The Hall–Kier alpha value is -2.10. The van der Waals surface area contributed by atoms with E-state index in [2.05, 4.69) is 30.4 Å². The van der Waals surface area contributed by atoms with Crippen molar-refractivity contribution in [3.8, 4) is 5.75 Å². The van der Waals surface area contributed by atoms with Gasteiger partial charge < -0.3 is 10.1 Å². The molecule has 0 unspecified atom stereocenters. The number of halogens is 2. The maximum Gasteiger partial charge on any atom is 0.124 e. The maximum absolute atomic E-state index is 13.0. The molecular formula is C20H21ClFNO. The lowest BCUT2D eigenvalue weighted by molar-refractivity contribution is 0.302. The van der Waals surface area contributed by atoms with E-state index >= 15 is 0 Å². The average molecular weight is 346 g/mol. The van der Waals surface area contributed by atoms with Crippen LogP contribution in [0.15, 0.2) is 60.7 Å². The molecule has 0 fully saturated rings. The number of nitrogens with one attached hydrogen (secondary N) is 1. The van der Waals surface area contributed by atoms with E-state index in [-0.39, 0.29) is 18.2 Å². The van der Waals surface area contributed by atoms with Crippen LogP contribution in [0.5, 0.6) is 5.75 Å². The van der Waals surface area contributed by atoms with E-state index in [1.165, 1.54) is 22.9 Å². The molecule has 0 radical (unpaired) electrons. The van der Waals surface area contributed by atoms with Crippen LogP contribution in [-0.2, 0) is 13.2 Å². The standard InChI is InChI=1S/C20H20FNO.ClH/c1-2-22-13-19-18-6-4-3-5-16(18)9-12-20(19)23-14-15-7-10-17(21)11-8-15;/h3-12,22H,2,13-14H2,1H3;1H.